The average molecular weight is 460 g/mol. The summed E-state index contributed by atoms with van der Waals surface area (Å²) in [6, 6.07) is 12.7. The Kier molecular flexibility index (Phi) is 6.13. The first kappa shape index (κ1) is 22.6. The molecular formula is C27H33N5O2. The summed E-state index contributed by atoms with van der Waals surface area (Å²) in [7, 11) is 1.70. The van der Waals surface area contributed by atoms with Gasteiger partial charge in [0.05, 0.1) is 25.4 Å². The van der Waals surface area contributed by atoms with E-state index in [9.17, 15) is 4.79 Å². The number of pyridine rings is 1. The highest BCUT2D eigenvalue weighted by molar-refractivity contribution is 5.94. The molecule has 0 bridgehead atoms. The number of rotatable bonds is 7. The number of hydrogen-bond acceptors (Lipinski definition) is 5. The maximum atomic E-state index is 12.9. The number of nitrogens with one attached hydrogen (secondary N) is 1. The molecule has 2 aromatic heterocycles. The number of amides is 1. The molecule has 3 aromatic rings. The maximum Gasteiger partial charge on any atom is 0.224 e. The van der Waals surface area contributed by atoms with Crippen LogP contribution in [0.2, 0.25) is 0 Å². The number of hydrogen-bond donors (Lipinski definition) is 1. The van der Waals surface area contributed by atoms with Crippen LogP contribution in [0.25, 0.3) is 11.1 Å². The van der Waals surface area contributed by atoms with Crippen molar-refractivity contribution in [2.24, 2.45) is 11.8 Å². The van der Waals surface area contributed by atoms with Crippen molar-refractivity contribution in [2.75, 3.05) is 23.9 Å². The summed E-state index contributed by atoms with van der Waals surface area (Å²) in [6.45, 7) is 7.30. The molecule has 0 spiro atoms. The zero-order chi connectivity index (χ0) is 23.8. The summed E-state index contributed by atoms with van der Waals surface area (Å²) in [6.07, 6.45) is 6.31. The molecule has 178 valence electrons. The monoisotopic (exact) mass is 459 g/mol. The van der Waals surface area contributed by atoms with Crippen molar-refractivity contribution in [3.8, 4) is 11.1 Å². The lowest BCUT2D eigenvalue weighted by molar-refractivity contribution is -0.117. The molecule has 0 unspecified atom stereocenters. The number of benzene rings is 1. The van der Waals surface area contributed by atoms with Crippen molar-refractivity contribution < 1.29 is 9.53 Å². The van der Waals surface area contributed by atoms with Gasteiger partial charge in [0, 0.05) is 49.1 Å². The van der Waals surface area contributed by atoms with Gasteiger partial charge in [-0.15, -0.1) is 0 Å². The number of aryl methyl sites for hydroxylation is 1. The van der Waals surface area contributed by atoms with Gasteiger partial charge in [-0.2, -0.15) is 5.10 Å². The summed E-state index contributed by atoms with van der Waals surface area (Å²) < 4.78 is 7.08. The van der Waals surface area contributed by atoms with Crippen LogP contribution in [0.4, 0.5) is 11.5 Å². The van der Waals surface area contributed by atoms with E-state index in [2.05, 4.69) is 35.5 Å². The number of fused-ring (bicyclic) bond motifs is 1. The van der Waals surface area contributed by atoms with Gasteiger partial charge in [-0.25, -0.2) is 4.98 Å². The second-order valence-corrected chi connectivity index (χ2v) is 9.62. The zero-order valence-electron chi connectivity index (χ0n) is 20.4. The SMILES string of the molecule is COCCn1cc(-c2ccc3c(c2)[C@@H](Nc2cccc(C)n2)[C@H](C)[C@@H](C2CC2)N3C(C)=O)cn1. The minimum absolute atomic E-state index is 0.0500. The Hall–Kier alpha value is -3.19. The van der Waals surface area contributed by atoms with E-state index in [1.807, 2.05) is 47.1 Å². The topological polar surface area (TPSA) is 72.3 Å². The largest absolute Gasteiger partial charge is 0.383 e. The van der Waals surface area contributed by atoms with Crippen molar-refractivity contribution in [1.82, 2.24) is 14.8 Å². The first-order valence-corrected chi connectivity index (χ1v) is 12.1. The fraction of sp³-hybridized carbons (Fsp3) is 0.444. The Morgan fingerprint density at radius 2 is 2.03 bits per heavy atom. The van der Waals surface area contributed by atoms with Crippen LogP contribution in [0.1, 0.15) is 44.0 Å². The molecule has 0 saturated heterocycles. The third kappa shape index (κ3) is 4.32. The third-order valence-electron chi connectivity index (χ3n) is 7.11. The van der Waals surface area contributed by atoms with Crippen molar-refractivity contribution in [3.05, 3.63) is 60.0 Å². The van der Waals surface area contributed by atoms with Crippen molar-refractivity contribution in [1.29, 1.82) is 0 Å². The molecule has 3 heterocycles. The number of ether oxygens (including phenoxy) is 1. The Labute approximate surface area is 201 Å². The first-order chi connectivity index (χ1) is 16.5. The van der Waals surface area contributed by atoms with Crippen LogP contribution in [0.5, 0.6) is 0 Å². The molecule has 7 nitrogen and oxygen atoms in total. The molecule has 0 radical (unpaired) electrons. The molecule has 1 fully saturated rings. The lowest BCUT2D eigenvalue weighted by Gasteiger charge is -2.46. The summed E-state index contributed by atoms with van der Waals surface area (Å²) in [4.78, 5) is 19.6. The highest BCUT2D eigenvalue weighted by Gasteiger charge is 2.47. The molecule has 34 heavy (non-hydrogen) atoms. The fourth-order valence-corrected chi connectivity index (χ4v) is 5.35. The molecule has 3 atom stereocenters. The minimum Gasteiger partial charge on any atom is -0.383 e. The molecular weight excluding hydrogens is 426 g/mol. The molecule has 1 amide bonds. The van der Waals surface area contributed by atoms with Crippen molar-refractivity contribution in [2.45, 2.75) is 52.2 Å². The van der Waals surface area contributed by atoms with E-state index < -0.39 is 0 Å². The Morgan fingerprint density at radius 3 is 2.74 bits per heavy atom. The van der Waals surface area contributed by atoms with E-state index in [1.54, 1.807) is 14.0 Å². The Balaban J connectivity index is 1.57. The number of carbonyl (C=O) groups is 1. The molecule has 1 aliphatic carbocycles. The maximum absolute atomic E-state index is 12.9. The van der Waals surface area contributed by atoms with Gasteiger partial charge in [-0.3, -0.25) is 9.48 Å². The van der Waals surface area contributed by atoms with Crippen LogP contribution >= 0.6 is 0 Å². The number of methoxy groups -OCH3 is 1. The average Bonchev–Trinajstić information content (AvgIpc) is 3.55. The zero-order valence-corrected chi connectivity index (χ0v) is 20.4. The molecule has 7 heteroatoms. The van der Waals surface area contributed by atoms with Crippen LogP contribution < -0.4 is 10.2 Å². The Morgan fingerprint density at radius 1 is 1.21 bits per heavy atom. The summed E-state index contributed by atoms with van der Waals surface area (Å²) in [5, 5.41) is 8.21. The minimum atomic E-state index is 0.0500. The number of aromatic nitrogens is 3. The third-order valence-corrected chi connectivity index (χ3v) is 7.11. The van der Waals surface area contributed by atoms with Gasteiger partial charge >= 0.3 is 0 Å². The second-order valence-electron chi connectivity index (χ2n) is 9.62. The predicted octanol–water partition coefficient (Wildman–Crippen LogP) is 4.83. The molecule has 1 aliphatic heterocycles. The summed E-state index contributed by atoms with van der Waals surface area (Å²) >= 11 is 0. The van der Waals surface area contributed by atoms with Crippen molar-refractivity contribution in [3.63, 3.8) is 0 Å². The van der Waals surface area contributed by atoms with Crippen LogP contribution in [-0.4, -0.2) is 40.4 Å². The van der Waals surface area contributed by atoms with E-state index in [0.717, 1.165) is 33.9 Å². The lowest BCUT2D eigenvalue weighted by atomic mass is 9.79. The van der Waals surface area contributed by atoms with Gasteiger partial charge in [0.25, 0.3) is 0 Å². The van der Waals surface area contributed by atoms with Crippen molar-refractivity contribution >= 4 is 17.4 Å². The summed E-state index contributed by atoms with van der Waals surface area (Å²) in [5.41, 5.74) is 5.26. The smallest absolute Gasteiger partial charge is 0.224 e. The molecule has 2 aliphatic rings. The molecule has 5 rings (SSSR count). The number of anilines is 2. The van der Waals surface area contributed by atoms with Gasteiger partial charge in [0.1, 0.15) is 5.82 Å². The fourth-order valence-electron chi connectivity index (χ4n) is 5.35. The molecule has 1 aromatic carbocycles. The van der Waals surface area contributed by atoms with Crippen LogP contribution in [0.3, 0.4) is 0 Å². The van der Waals surface area contributed by atoms with E-state index in [1.165, 1.54) is 12.8 Å². The highest BCUT2D eigenvalue weighted by Crippen LogP contribution is 2.50. The van der Waals surface area contributed by atoms with E-state index in [0.29, 0.717) is 19.1 Å². The van der Waals surface area contributed by atoms with Gasteiger partial charge < -0.3 is 15.0 Å². The standard InChI is InChI=1S/C27H33N5O2/c1-17-6-5-7-25(29-17)30-26-18(2)27(20-8-9-20)32(19(3)33)24-11-10-21(14-23(24)26)22-15-28-31(16-22)12-13-34-4/h5-7,10-11,14-16,18,20,26-27H,8-9,12-13H2,1-4H3,(H,29,30)/t18-,26-,27-/m0/s1. The van der Waals surface area contributed by atoms with Gasteiger partial charge in [0.15, 0.2) is 0 Å². The lowest BCUT2D eigenvalue weighted by Crippen LogP contribution is -2.51. The molecule has 1 saturated carbocycles. The number of carbonyl (C=O) groups excluding carboxylic acids is 1. The van der Waals surface area contributed by atoms with Crippen LogP contribution in [-0.2, 0) is 16.1 Å². The van der Waals surface area contributed by atoms with Crippen LogP contribution in [0.15, 0.2) is 48.8 Å². The second kappa shape index (κ2) is 9.22. The normalized spacial score (nSPS) is 21.9. The number of nitrogens with zero attached hydrogens (tertiary/aromatic N) is 4. The van der Waals surface area contributed by atoms with E-state index >= 15 is 0 Å². The van der Waals surface area contributed by atoms with E-state index in [-0.39, 0.29) is 23.9 Å². The van der Waals surface area contributed by atoms with Gasteiger partial charge in [0.2, 0.25) is 5.91 Å². The quantitative estimate of drug-likeness (QED) is 0.548. The Bertz CT molecular complexity index is 1190. The van der Waals surface area contributed by atoms with Gasteiger partial charge in [-0.1, -0.05) is 19.1 Å². The predicted molar refractivity (Wildman–Crippen MR) is 134 cm³/mol. The van der Waals surface area contributed by atoms with E-state index in [4.69, 9.17) is 9.72 Å². The summed E-state index contributed by atoms with van der Waals surface area (Å²) in [5.74, 6) is 1.77. The van der Waals surface area contributed by atoms with Gasteiger partial charge in [-0.05, 0) is 61.1 Å². The van der Waals surface area contributed by atoms with Crippen LogP contribution in [0, 0.1) is 18.8 Å². The first-order valence-electron chi connectivity index (χ1n) is 12.1. The molecule has 1 N–H and O–H groups in total. The highest BCUT2D eigenvalue weighted by atomic mass is 16.5.